The Bertz CT molecular complexity index is 567. The number of hydrogen-bond donors (Lipinski definition) is 2. The molecule has 0 bridgehead atoms. The van der Waals surface area contributed by atoms with Gasteiger partial charge in [-0.1, -0.05) is 0 Å². The molecule has 0 radical (unpaired) electrons. The molecule has 1 atom stereocenters. The molecular formula is C10H12N2O3S2. The molecule has 1 aliphatic heterocycles. The monoisotopic (exact) mass is 272 g/mol. The minimum Gasteiger partial charge on any atom is -0.398 e. The highest BCUT2D eigenvalue weighted by molar-refractivity contribution is 7.94. The van der Waals surface area contributed by atoms with Gasteiger partial charge < -0.3 is 11.1 Å². The van der Waals surface area contributed by atoms with E-state index in [0.717, 1.165) is 10.3 Å². The van der Waals surface area contributed by atoms with Gasteiger partial charge in [-0.3, -0.25) is 4.79 Å². The van der Waals surface area contributed by atoms with Crippen LogP contribution in [0.25, 0.3) is 0 Å². The molecule has 2 heterocycles. The SMILES string of the molecule is Cc1sc(C(=O)NC2C=CS(=O)(=O)C2)cc1N. The van der Waals surface area contributed by atoms with E-state index < -0.39 is 15.9 Å². The predicted octanol–water partition coefficient (Wildman–Crippen LogP) is 0.679. The lowest BCUT2D eigenvalue weighted by Crippen LogP contribution is -2.35. The third-order valence-electron chi connectivity index (χ3n) is 2.43. The first-order chi connectivity index (χ1) is 7.87. The van der Waals surface area contributed by atoms with Gasteiger partial charge in [0.15, 0.2) is 9.84 Å². The quantitative estimate of drug-likeness (QED) is 0.828. The van der Waals surface area contributed by atoms with Crippen LogP contribution >= 0.6 is 11.3 Å². The summed E-state index contributed by atoms with van der Waals surface area (Å²) >= 11 is 1.30. The molecule has 7 heteroatoms. The van der Waals surface area contributed by atoms with Gasteiger partial charge in [0.1, 0.15) is 0 Å². The van der Waals surface area contributed by atoms with Crippen LogP contribution in [0.4, 0.5) is 5.69 Å². The van der Waals surface area contributed by atoms with Crippen LogP contribution in [0.3, 0.4) is 0 Å². The van der Waals surface area contributed by atoms with Crippen molar-refractivity contribution in [3.8, 4) is 0 Å². The first-order valence-electron chi connectivity index (χ1n) is 4.95. The summed E-state index contributed by atoms with van der Waals surface area (Å²) in [6, 6.07) is 1.15. The van der Waals surface area contributed by atoms with Gasteiger partial charge in [-0.15, -0.1) is 11.3 Å². The fraction of sp³-hybridized carbons (Fsp3) is 0.300. The molecule has 0 saturated carbocycles. The highest BCUT2D eigenvalue weighted by Gasteiger charge is 2.24. The average Bonchev–Trinajstić information content (AvgIpc) is 2.71. The second kappa shape index (κ2) is 4.15. The van der Waals surface area contributed by atoms with E-state index in [1.165, 1.54) is 17.4 Å². The Balaban J connectivity index is 2.06. The topological polar surface area (TPSA) is 89.3 Å². The number of nitrogens with two attached hydrogens (primary N) is 1. The number of amides is 1. The van der Waals surface area contributed by atoms with Crippen molar-refractivity contribution < 1.29 is 13.2 Å². The maximum atomic E-state index is 11.8. The van der Waals surface area contributed by atoms with Gasteiger partial charge in [-0.2, -0.15) is 0 Å². The maximum Gasteiger partial charge on any atom is 0.261 e. The first-order valence-corrected chi connectivity index (χ1v) is 7.48. The van der Waals surface area contributed by atoms with Crippen molar-refractivity contribution in [2.24, 2.45) is 0 Å². The van der Waals surface area contributed by atoms with Crippen molar-refractivity contribution in [3.05, 3.63) is 27.3 Å². The highest BCUT2D eigenvalue weighted by Crippen LogP contribution is 2.23. The summed E-state index contributed by atoms with van der Waals surface area (Å²) < 4.78 is 22.3. The van der Waals surface area contributed by atoms with Crippen molar-refractivity contribution in [3.63, 3.8) is 0 Å². The van der Waals surface area contributed by atoms with Crippen LogP contribution in [-0.4, -0.2) is 26.1 Å². The predicted molar refractivity (Wildman–Crippen MR) is 67.6 cm³/mol. The Morgan fingerprint density at radius 3 is 2.76 bits per heavy atom. The Morgan fingerprint density at radius 2 is 2.29 bits per heavy atom. The summed E-state index contributed by atoms with van der Waals surface area (Å²) in [6.45, 7) is 1.83. The fourth-order valence-electron chi connectivity index (χ4n) is 1.51. The van der Waals surface area contributed by atoms with Gasteiger partial charge in [0.25, 0.3) is 5.91 Å². The average molecular weight is 272 g/mol. The number of rotatable bonds is 2. The number of sulfone groups is 1. The molecule has 5 nitrogen and oxygen atoms in total. The Morgan fingerprint density at radius 1 is 1.59 bits per heavy atom. The zero-order valence-electron chi connectivity index (χ0n) is 9.14. The lowest BCUT2D eigenvalue weighted by molar-refractivity contribution is 0.0952. The Kier molecular flexibility index (Phi) is 2.96. The van der Waals surface area contributed by atoms with Crippen LogP contribution in [0.1, 0.15) is 14.5 Å². The van der Waals surface area contributed by atoms with Crippen LogP contribution in [0, 0.1) is 6.92 Å². The van der Waals surface area contributed by atoms with E-state index >= 15 is 0 Å². The second-order valence-corrected chi connectivity index (χ2v) is 7.05. The van der Waals surface area contributed by atoms with Gasteiger partial charge in [0, 0.05) is 16.0 Å². The molecule has 3 N–H and O–H groups in total. The van der Waals surface area contributed by atoms with Crippen LogP contribution in [-0.2, 0) is 9.84 Å². The first kappa shape index (κ1) is 12.1. The zero-order valence-corrected chi connectivity index (χ0v) is 10.8. The molecule has 2 rings (SSSR count). The van der Waals surface area contributed by atoms with Crippen LogP contribution in [0.5, 0.6) is 0 Å². The van der Waals surface area contributed by atoms with Gasteiger partial charge in [-0.25, -0.2) is 8.42 Å². The summed E-state index contributed by atoms with van der Waals surface area (Å²) in [7, 11) is -3.14. The number of thiophene rings is 1. The van der Waals surface area contributed by atoms with Crippen molar-refractivity contribution in [1.29, 1.82) is 0 Å². The van der Waals surface area contributed by atoms with E-state index in [4.69, 9.17) is 5.73 Å². The van der Waals surface area contributed by atoms with E-state index in [1.54, 1.807) is 6.07 Å². The molecule has 17 heavy (non-hydrogen) atoms. The van der Waals surface area contributed by atoms with Crippen LogP contribution < -0.4 is 11.1 Å². The third-order valence-corrected chi connectivity index (χ3v) is 4.89. The number of aryl methyl sites for hydroxylation is 1. The fourth-order valence-corrected chi connectivity index (χ4v) is 3.59. The molecule has 0 spiro atoms. The van der Waals surface area contributed by atoms with Gasteiger partial charge in [0.05, 0.1) is 16.7 Å². The molecule has 1 amide bonds. The van der Waals surface area contributed by atoms with E-state index in [0.29, 0.717) is 10.6 Å². The number of nitrogens with one attached hydrogen (secondary N) is 1. The summed E-state index contributed by atoms with van der Waals surface area (Å²) in [5, 5.41) is 3.77. The summed E-state index contributed by atoms with van der Waals surface area (Å²) in [5.74, 6) is -0.361. The normalized spacial score (nSPS) is 21.6. The molecular weight excluding hydrogens is 260 g/mol. The third kappa shape index (κ3) is 2.67. The molecule has 1 aromatic heterocycles. The largest absolute Gasteiger partial charge is 0.398 e. The number of nitrogen functional groups attached to an aromatic ring is 1. The van der Waals surface area contributed by atoms with Crippen molar-refractivity contribution in [1.82, 2.24) is 5.32 Å². The Hall–Kier alpha value is -1.34. The second-order valence-electron chi connectivity index (χ2n) is 3.86. The van der Waals surface area contributed by atoms with E-state index in [9.17, 15) is 13.2 Å². The summed E-state index contributed by atoms with van der Waals surface area (Å²) in [5.41, 5.74) is 6.23. The molecule has 1 unspecified atom stereocenters. The lowest BCUT2D eigenvalue weighted by atomic mass is 10.3. The number of carbonyl (C=O) groups excluding carboxylic acids is 1. The van der Waals surface area contributed by atoms with Crippen LogP contribution in [0.15, 0.2) is 17.6 Å². The molecule has 1 aliphatic rings. The Labute approximate surface area is 103 Å². The van der Waals surface area contributed by atoms with E-state index in [2.05, 4.69) is 5.32 Å². The lowest BCUT2D eigenvalue weighted by Gasteiger charge is -2.08. The zero-order chi connectivity index (χ0) is 12.6. The molecule has 0 aliphatic carbocycles. The van der Waals surface area contributed by atoms with Crippen molar-refractivity contribution >= 4 is 32.8 Å². The van der Waals surface area contributed by atoms with Crippen LogP contribution in [0.2, 0.25) is 0 Å². The van der Waals surface area contributed by atoms with E-state index in [1.807, 2.05) is 6.92 Å². The van der Waals surface area contributed by atoms with Gasteiger partial charge >= 0.3 is 0 Å². The minimum atomic E-state index is -3.14. The van der Waals surface area contributed by atoms with Gasteiger partial charge in [0.2, 0.25) is 0 Å². The number of anilines is 1. The summed E-state index contributed by atoms with van der Waals surface area (Å²) in [6.07, 6.45) is 1.48. The number of carbonyl (C=O) groups is 1. The maximum absolute atomic E-state index is 11.8. The summed E-state index contributed by atoms with van der Waals surface area (Å²) in [4.78, 5) is 13.2. The molecule has 0 fully saturated rings. The molecule has 0 aromatic carbocycles. The van der Waals surface area contributed by atoms with Crippen molar-refractivity contribution in [2.45, 2.75) is 13.0 Å². The standard InChI is InChI=1S/C10H12N2O3S2/c1-6-8(11)4-9(16-6)10(13)12-7-2-3-17(14,15)5-7/h2-4,7H,5,11H2,1H3,(H,12,13). The minimum absolute atomic E-state index is 0.0709. The van der Waals surface area contributed by atoms with Crippen molar-refractivity contribution in [2.75, 3.05) is 11.5 Å². The molecule has 0 saturated heterocycles. The number of hydrogen-bond acceptors (Lipinski definition) is 5. The van der Waals surface area contributed by atoms with E-state index in [-0.39, 0.29) is 11.7 Å². The molecule has 1 aromatic rings. The highest BCUT2D eigenvalue weighted by atomic mass is 32.2. The smallest absolute Gasteiger partial charge is 0.261 e. The molecule has 92 valence electrons. The van der Waals surface area contributed by atoms with Gasteiger partial charge in [-0.05, 0) is 19.1 Å².